The molecule has 1 unspecified atom stereocenters. The zero-order valence-corrected chi connectivity index (χ0v) is 7.71. The van der Waals surface area contributed by atoms with Crippen molar-refractivity contribution in [3.8, 4) is 17.2 Å². The van der Waals surface area contributed by atoms with Gasteiger partial charge in [0.15, 0.2) is 17.2 Å². The van der Waals surface area contributed by atoms with Gasteiger partial charge in [0.25, 0.3) is 0 Å². The highest BCUT2D eigenvalue weighted by Gasteiger charge is 2.15. The number of carboxylic acids is 1. The second-order valence-electron chi connectivity index (χ2n) is 3.13. The molecule has 0 bridgehead atoms. The number of phenolic OH excluding ortho intramolecular Hbond substituents is 3. The van der Waals surface area contributed by atoms with Crippen LogP contribution in [0.2, 0.25) is 0 Å². The van der Waals surface area contributed by atoms with Gasteiger partial charge in [-0.25, -0.2) is 0 Å². The van der Waals surface area contributed by atoms with Crippen molar-refractivity contribution in [2.75, 3.05) is 0 Å². The zero-order chi connectivity index (χ0) is 11.6. The second-order valence-corrected chi connectivity index (χ2v) is 3.13. The molecule has 0 aliphatic heterocycles. The van der Waals surface area contributed by atoms with Crippen molar-refractivity contribution in [2.24, 2.45) is 5.73 Å². The van der Waals surface area contributed by atoms with Crippen molar-refractivity contribution in [1.82, 2.24) is 0 Å². The molecular formula is C9H11NO5. The van der Waals surface area contributed by atoms with Crippen molar-refractivity contribution < 1.29 is 25.2 Å². The lowest BCUT2D eigenvalue weighted by Crippen LogP contribution is -2.32. The van der Waals surface area contributed by atoms with Gasteiger partial charge in [0.1, 0.15) is 6.04 Å². The molecule has 0 aliphatic carbocycles. The van der Waals surface area contributed by atoms with Gasteiger partial charge in [-0.05, 0) is 24.1 Å². The van der Waals surface area contributed by atoms with Crippen LogP contribution in [0.5, 0.6) is 17.2 Å². The number of carbonyl (C=O) groups is 1. The third-order valence-corrected chi connectivity index (χ3v) is 1.90. The highest BCUT2D eigenvalue weighted by Crippen LogP contribution is 2.35. The number of aromatic hydroxyl groups is 3. The summed E-state index contributed by atoms with van der Waals surface area (Å²) < 4.78 is 0. The fourth-order valence-electron chi connectivity index (χ4n) is 1.12. The quantitative estimate of drug-likeness (QED) is 0.441. The van der Waals surface area contributed by atoms with E-state index in [0.29, 0.717) is 5.56 Å². The van der Waals surface area contributed by atoms with E-state index in [2.05, 4.69) is 0 Å². The Morgan fingerprint density at radius 2 is 1.73 bits per heavy atom. The van der Waals surface area contributed by atoms with E-state index in [9.17, 15) is 4.79 Å². The lowest BCUT2D eigenvalue weighted by molar-refractivity contribution is -0.138. The summed E-state index contributed by atoms with van der Waals surface area (Å²) in [6.45, 7) is 0. The number of carboxylic acid groups (broad SMARTS) is 1. The summed E-state index contributed by atoms with van der Waals surface area (Å²) in [5.74, 6) is -2.84. The van der Waals surface area contributed by atoms with Crippen LogP contribution >= 0.6 is 0 Å². The van der Waals surface area contributed by atoms with Crippen LogP contribution in [0.1, 0.15) is 5.56 Å². The van der Waals surface area contributed by atoms with Gasteiger partial charge >= 0.3 is 5.97 Å². The fraction of sp³-hybridized carbons (Fsp3) is 0.222. The predicted octanol–water partition coefficient (Wildman–Crippen LogP) is -0.242. The van der Waals surface area contributed by atoms with Crippen LogP contribution in [0.25, 0.3) is 0 Å². The Hall–Kier alpha value is -1.95. The highest BCUT2D eigenvalue weighted by atomic mass is 16.4. The standard InChI is InChI=1S/C9H11NO5/c10-5(9(14)15)1-4-2-6(11)8(13)7(12)3-4/h2-3,5,11-13H,1,10H2,(H,14,15). The summed E-state index contributed by atoms with van der Waals surface area (Å²) in [5, 5.41) is 35.8. The number of benzene rings is 1. The van der Waals surface area contributed by atoms with Crippen molar-refractivity contribution in [1.29, 1.82) is 0 Å². The predicted molar refractivity (Wildman–Crippen MR) is 50.8 cm³/mol. The van der Waals surface area contributed by atoms with Crippen LogP contribution in [0.4, 0.5) is 0 Å². The van der Waals surface area contributed by atoms with E-state index in [0.717, 1.165) is 12.1 Å². The minimum absolute atomic E-state index is 0.0449. The Labute approximate surface area is 85.2 Å². The molecule has 0 aromatic heterocycles. The molecule has 6 heteroatoms. The van der Waals surface area contributed by atoms with Crippen LogP contribution in [0.3, 0.4) is 0 Å². The van der Waals surface area contributed by atoms with Crippen molar-refractivity contribution in [3.05, 3.63) is 17.7 Å². The number of phenols is 3. The van der Waals surface area contributed by atoms with Crippen LogP contribution in [-0.2, 0) is 11.2 Å². The van der Waals surface area contributed by atoms with E-state index < -0.39 is 29.3 Å². The zero-order valence-electron chi connectivity index (χ0n) is 7.71. The number of rotatable bonds is 3. The molecule has 15 heavy (non-hydrogen) atoms. The average molecular weight is 213 g/mol. The third kappa shape index (κ3) is 2.50. The van der Waals surface area contributed by atoms with Gasteiger partial charge in [-0.2, -0.15) is 0 Å². The summed E-state index contributed by atoms with van der Waals surface area (Å²) >= 11 is 0. The Morgan fingerprint density at radius 3 is 2.13 bits per heavy atom. The van der Waals surface area contributed by atoms with Crippen LogP contribution < -0.4 is 5.73 Å². The maximum Gasteiger partial charge on any atom is 0.320 e. The van der Waals surface area contributed by atoms with Gasteiger partial charge in [-0.15, -0.1) is 0 Å². The van der Waals surface area contributed by atoms with E-state index in [4.69, 9.17) is 26.2 Å². The average Bonchev–Trinajstić information content (AvgIpc) is 2.13. The Bertz CT molecular complexity index is 367. The van der Waals surface area contributed by atoms with E-state index in [1.54, 1.807) is 0 Å². The van der Waals surface area contributed by atoms with Gasteiger partial charge in [-0.1, -0.05) is 0 Å². The molecule has 0 radical (unpaired) electrons. The number of hydrogen-bond donors (Lipinski definition) is 5. The van der Waals surface area contributed by atoms with Crippen molar-refractivity contribution >= 4 is 5.97 Å². The first-order chi connectivity index (χ1) is 6.91. The molecule has 0 saturated heterocycles. The Balaban J connectivity index is 2.92. The van der Waals surface area contributed by atoms with E-state index in [1.807, 2.05) is 0 Å². The minimum atomic E-state index is -1.18. The van der Waals surface area contributed by atoms with Crippen molar-refractivity contribution in [2.45, 2.75) is 12.5 Å². The Morgan fingerprint density at radius 1 is 1.27 bits per heavy atom. The molecule has 1 rings (SSSR count). The van der Waals surface area contributed by atoms with Gasteiger partial charge < -0.3 is 26.2 Å². The molecule has 1 aromatic carbocycles. The smallest absolute Gasteiger partial charge is 0.320 e. The number of nitrogens with two attached hydrogens (primary N) is 1. The molecule has 0 heterocycles. The molecule has 0 fully saturated rings. The minimum Gasteiger partial charge on any atom is -0.504 e. The first-order valence-electron chi connectivity index (χ1n) is 4.14. The number of aliphatic carboxylic acids is 1. The van der Waals surface area contributed by atoms with E-state index in [1.165, 1.54) is 0 Å². The van der Waals surface area contributed by atoms with Crippen LogP contribution in [-0.4, -0.2) is 32.4 Å². The van der Waals surface area contributed by atoms with Crippen LogP contribution in [0.15, 0.2) is 12.1 Å². The molecule has 0 amide bonds. The first-order valence-corrected chi connectivity index (χ1v) is 4.14. The molecule has 82 valence electrons. The largest absolute Gasteiger partial charge is 0.504 e. The van der Waals surface area contributed by atoms with Gasteiger partial charge in [0.2, 0.25) is 0 Å². The monoisotopic (exact) mass is 213 g/mol. The molecule has 1 atom stereocenters. The molecule has 1 aromatic rings. The third-order valence-electron chi connectivity index (χ3n) is 1.90. The van der Waals surface area contributed by atoms with E-state index in [-0.39, 0.29) is 6.42 Å². The van der Waals surface area contributed by atoms with Gasteiger partial charge in [-0.3, -0.25) is 4.79 Å². The Kier molecular flexibility index (Phi) is 3.01. The summed E-state index contributed by atoms with van der Waals surface area (Å²) in [7, 11) is 0. The van der Waals surface area contributed by atoms with Crippen LogP contribution in [0, 0.1) is 0 Å². The lowest BCUT2D eigenvalue weighted by atomic mass is 10.1. The maximum absolute atomic E-state index is 10.4. The highest BCUT2D eigenvalue weighted by molar-refractivity contribution is 5.73. The fourth-order valence-corrected chi connectivity index (χ4v) is 1.12. The normalized spacial score (nSPS) is 12.3. The summed E-state index contributed by atoms with van der Waals surface area (Å²) in [6, 6.07) is 1.18. The SMILES string of the molecule is NC(Cc1cc(O)c(O)c(O)c1)C(=O)O. The molecule has 6 nitrogen and oxygen atoms in total. The topological polar surface area (TPSA) is 124 Å². The number of hydrogen-bond acceptors (Lipinski definition) is 5. The van der Waals surface area contributed by atoms with Crippen molar-refractivity contribution in [3.63, 3.8) is 0 Å². The molecular weight excluding hydrogens is 202 g/mol. The van der Waals surface area contributed by atoms with Gasteiger partial charge in [0, 0.05) is 0 Å². The second kappa shape index (κ2) is 4.05. The molecule has 6 N–H and O–H groups in total. The molecule has 0 spiro atoms. The van der Waals surface area contributed by atoms with E-state index >= 15 is 0 Å². The maximum atomic E-state index is 10.4. The first kappa shape index (κ1) is 11.1. The summed E-state index contributed by atoms with van der Waals surface area (Å²) in [5.41, 5.74) is 5.59. The van der Waals surface area contributed by atoms with Gasteiger partial charge in [0.05, 0.1) is 0 Å². The lowest BCUT2D eigenvalue weighted by Gasteiger charge is -2.08. The summed E-state index contributed by atoms with van der Waals surface area (Å²) in [6.07, 6.45) is -0.0449. The molecule has 0 aliphatic rings. The summed E-state index contributed by atoms with van der Waals surface area (Å²) in [4.78, 5) is 10.4. The molecule has 0 saturated carbocycles.